The molecule has 0 aromatic heterocycles. The standard InChI is InChI=1S/C25H28O5/c1-16(2)5-4-6-17(3)11-12-29-20-9-7-18(8-10-20)23-15-22(28)25-21(27)13-19(26)14-24(25)30-23/h5,7-11,13-14,23,26-27H,4,6,12,15H2,1-3H3/b17-11+/t23-/m0/s1. The monoisotopic (exact) mass is 408 g/mol. The van der Waals surface area contributed by atoms with Crippen LogP contribution in [0.15, 0.2) is 59.7 Å². The van der Waals surface area contributed by atoms with Gasteiger partial charge in [-0.15, -0.1) is 0 Å². The van der Waals surface area contributed by atoms with Crippen molar-refractivity contribution in [3.05, 3.63) is 70.8 Å². The number of rotatable bonds is 7. The molecule has 2 aromatic carbocycles. The fraction of sp³-hybridized carbons (Fsp3) is 0.320. The lowest BCUT2D eigenvalue weighted by molar-refractivity contribution is 0.0845. The summed E-state index contributed by atoms with van der Waals surface area (Å²) in [5.41, 5.74) is 3.58. The summed E-state index contributed by atoms with van der Waals surface area (Å²) in [6, 6.07) is 9.93. The summed E-state index contributed by atoms with van der Waals surface area (Å²) in [7, 11) is 0. The van der Waals surface area contributed by atoms with E-state index in [0.29, 0.717) is 6.61 Å². The Morgan fingerprint density at radius 2 is 1.87 bits per heavy atom. The fourth-order valence-corrected chi connectivity index (χ4v) is 3.36. The third kappa shape index (κ3) is 5.44. The summed E-state index contributed by atoms with van der Waals surface area (Å²) >= 11 is 0. The largest absolute Gasteiger partial charge is 0.508 e. The number of hydrogen-bond acceptors (Lipinski definition) is 5. The molecule has 0 aliphatic carbocycles. The summed E-state index contributed by atoms with van der Waals surface area (Å²) in [5.74, 6) is 0.314. The molecule has 2 aromatic rings. The van der Waals surface area contributed by atoms with Crippen LogP contribution in [0.1, 0.15) is 62.1 Å². The predicted octanol–water partition coefficient (Wildman–Crippen LogP) is 5.88. The number of Topliss-reactive ketones (excluding diaryl/α,β-unsaturated/α-hetero) is 1. The van der Waals surface area contributed by atoms with Crippen molar-refractivity contribution in [2.75, 3.05) is 6.61 Å². The third-order valence-corrected chi connectivity index (χ3v) is 5.01. The highest BCUT2D eigenvalue weighted by molar-refractivity contribution is 6.02. The van der Waals surface area contributed by atoms with Gasteiger partial charge in [0.15, 0.2) is 5.78 Å². The van der Waals surface area contributed by atoms with Crippen LogP contribution < -0.4 is 9.47 Å². The molecule has 0 bridgehead atoms. The lowest BCUT2D eigenvalue weighted by Gasteiger charge is -2.26. The summed E-state index contributed by atoms with van der Waals surface area (Å²) in [4.78, 5) is 12.4. The second kappa shape index (κ2) is 9.53. The van der Waals surface area contributed by atoms with E-state index in [0.717, 1.165) is 30.2 Å². The van der Waals surface area contributed by atoms with Gasteiger partial charge in [-0.3, -0.25) is 4.79 Å². The first-order valence-corrected chi connectivity index (χ1v) is 10.1. The van der Waals surface area contributed by atoms with E-state index in [-0.39, 0.29) is 35.0 Å². The molecule has 0 fully saturated rings. The second-order valence-corrected chi connectivity index (χ2v) is 7.82. The van der Waals surface area contributed by atoms with Crippen molar-refractivity contribution in [3.63, 3.8) is 0 Å². The maximum Gasteiger partial charge on any atom is 0.174 e. The van der Waals surface area contributed by atoms with Gasteiger partial charge in [0.05, 0.1) is 6.42 Å². The van der Waals surface area contributed by atoms with Crippen LogP contribution in [0.25, 0.3) is 0 Å². The number of phenolic OH excluding ortho intramolecular Hbond substituents is 2. The van der Waals surface area contributed by atoms with Crippen molar-refractivity contribution in [1.82, 2.24) is 0 Å². The van der Waals surface area contributed by atoms with Crippen LogP contribution in [0, 0.1) is 0 Å². The zero-order chi connectivity index (χ0) is 21.7. The van der Waals surface area contributed by atoms with E-state index in [9.17, 15) is 15.0 Å². The van der Waals surface area contributed by atoms with Gasteiger partial charge in [-0.1, -0.05) is 29.4 Å². The molecular formula is C25H28O5. The van der Waals surface area contributed by atoms with Crippen LogP contribution in [0.4, 0.5) is 0 Å². The van der Waals surface area contributed by atoms with Crippen molar-refractivity contribution in [2.24, 2.45) is 0 Å². The molecule has 3 rings (SSSR count). The number of fused-ring (bicyclic) bond motifs is 1. The zero-order valence-electron chi connectivity index (χ0n) is 17.6. The minimum absolute atomic E-state index is 0.121. The molecule has 0 radical (unpaired) electrons. The molecule has 1 aliphatic rings. The van der Waals surface area contributed by atoms with Gasteiger partial charge in [-0.05, 0) is 57.4 Å². The fourth-order valence-electron chi connectivity index (χ4n) is 3.36. The molecule has 1 aliphatic heterocycles. The lowest BCUT2D eigenvalue weighted by Crippen LogP contribution is -2.20. The molecule has 1 heterocycles. The number of benzene rings is 2. The van der Waals surface area contributed by atoms with Crippen molar-refractivity contribution >= 4 is 5.78 Å². The third-order valence-electron chi connectivity index (χ3n) is 5.01. The van der Waals surface area contributed by atoms with Crippen LogP contribution in [0.2, 0.25) is 0 Å². The minimum Gasteiger partial charge on any atom is -0.508 e. The number of allylic oxidation sites excluding steroid dienone is 3. The molecule has 5 nitrogen and oxygen atoms in total. The second-order valence-electron chi connectivity index (χ2n) is 7.82. The Labute approximate surface area is 177 Å². The quantitative estimate of drug-likeness (QED) is 0.560. The van der Waals surface area contributed by atoms with Gasteiger partial charge >= 0.3 is 0 Å². The Balaban J connectivity index is 1.59. The van der Waals surface area contributed by atoms with Crippen molar-refractivity contribution in [3.8, 4) is 23.0 Å². The molecule has 158 valence electrons. The van der Waals surface area contributed by atoms with E-state index in [1.165, 1.54) is 17.2 Å². The Morgan fingerprint density at radius 1 is 1.13 bits per heavy atom. The van der Waals surface area contributed by atoms with Gasteiger partial charge in [-0.25, -0.2) is 0 Å². The Hall–Kier alpha value is -3.21. The smallest absolute Gasteiger partial charge is 0.174 e. The molecular weight excluding hydrogens is 380 g/mol. The molecule has 0 saturated heterocycles. The van der Waals surface area contributed by atoms with Crippen LogP contribution in [0.5, 0.6) is 23.0 Å². The van der Waals surface area contributed by atoms with E-state index in [1.807, 2.05) is 24.3 Å². The molecule has 0 amide bonds. The summed E-state index contributed by atoms with van der Waals surface area (Å²) in [5, 5.41) is 19.6. The van der Waals surface area contributed by atoms with Crippen molar-refractivity contribution < 1.29 is 24.5 Å². The number of aromatic hydroxyl groups is 2. The SMILES string of the molecule is CC(C)=CCC/C(C)=C/COc1ccc([C@@H]2CC(=O)c3c(O)cc(O)cc3O2)cc1. The summed E-state index contributed by atoms with van der Waals surface area (Å²) in [6.07, 6.45) is 6.03. The van der Waals surface area contributed by atoms with Gasteiger partial charge < -0.3 is 19.7 Å². The van der Waals surface area contributed by atoms with E-state index < -0.39 is 6.10 Å². The van der Waals surface area contributed by atoms with E-state index in [2.05, 4.69) is 32.9 Å². The highest BCUT2D eigenvalue weighted by atomic mass is 16.5. The average Bonchev–Trinajstić information content (AvgIpc) is 2.67. The number of phenols is 2. The Morgan fingerprint density at radius 3 is 2.57 bits per heavy atom. The molecule has 0 spiro atoms. The van der Waals surface area contributed by atoms with E-state index in [4.69, 9.17) is 9.47 Å². The average molecular weight is 408 g/mol. The summed E-state index contributed by atoms with van der Waals surface area (Å²) < 4.78 is 11.7. The normalized spacial score (nSPS) is 15.9. The number of ether oxygens (including phenoxy) is 2. The zero-order valence-corrected chi connectivity index (χ0v) is 17.6. The lowest BCUT2D eigenvalue weighted by atomic mass is 9.95. The van der Waals surface area contributed by atoms with Crippen LogP contribution in [-0.2, 0) is 0 Å². The van der Waals surface area contributed by atoms with Crippen LogP contribution >= 0.6 is 0 Å². The molecule has 2 N–H and O–H groups in total. The maximum absolute atomic E-state index is 12.4. The molecule has 0 saturated carbocycles. The molecule has 1 atom stereocenters. The first-order chi connectivity index (χ1) is 14.3. The predicted molar refractivity (Wildman–Crippen MR) is 116 cm³/mol. The topological polar surface area (TPSA) is 76.0 Å². The number of carbonyl (C=O) groups is 1. The van der Waals surface area contributed by atoms with E-state index in [1.54, 1.807) is 0 Å². The van der Waals surface area contributed by atoms with Crippen molar-refractivity contribution in [2.45, 2.75) is 46.1 Å². The van der Waals surface area contributed by atoms with E-state index >= 15 is 0 Å². The van der Waals surface area contributed by atoms with Crippen LogP contribution in [0.3, 0.4) is 0 Å². The number of ketones is 1. The highest BCUT2D eigenvalue weighted by Gasteiger charge is 2.30. The van der Waals surface area contributed by atoms with Gasteiger partial charge in [0.1, 0.15) is 41.3 Å². The Bertz CT molecular complexity index is 966. The Kier molecular flexibility index (Phi) is 6.83. The van der Waals surface area contributed by atoms with Gasteiger partial charge in [0.2, 0.25) is 0 Å². The first kappa shape index (κ1) is 21.5. The van der Waals surface area contributed by atoms with Gasteiger partial charge in [0.25, 0.3) is 0 Å². The van der Waals surface area contributed by atoms with Crippen molar-refractivity contribution in [1.29, 1.82) is 0 Å². The summed E-state index contributed by atoms with van der Waals surface area (Å²) in [6.45, 7) is 6.82. The number of carbonyl (C=O) groups excluding carboxylic acids is 1. The minimum atomic E-state index is -0.475. The maximum atomic E-state index is 12.4. The van der Waals surface area contributed by atoms with Gasteiger partial charge in [0, 0.05) is 12.1 Å². The molecule has 0 unspecified atom stereocenters. The molecule has 5 heteroatoms. The molecule has 30 heavy (non-hydrogen) atoms. The highest BCUT2D eigenvalue weighted by Crippen LogP contribution is 2.41. The van der Waals surface area contributed by atoms with Gasteiger partial charge in [-0.2, -0.15) is 0 Å². The van der Waals surface area contributed by atoms with Crippen LogP contribution in [-0.4, -0.2) is 22.6 Å². The number of hydrogen-bond donors (Lipinski definition) is 2. The first-order valence-electron chi connectivity index (χ1n) is 10.1.